The summed E-state index contributed by atoms with van der Waals surface area (Å²) in [4.78, 5) is 3.05. The number of H-pyrrole nitrogens is 1. The maximum absolute atomic E-state index is 13.4. The van der Waals surface area contributed by atoms with Crippen molar-refractivity contribution in [3.63, 3.8) is 0 Å². The van der Waals surface area contributed by atoms with Crippen LogP contribution in [0.2, 0.25) is 0 Å². The first kappa shape index (κ1) is 12.6. The highest BCUT2D eigenvalue weighted by Crippen LogP contribution is 2.21. The van der Waals surface area contributed by atoms with Crippen LogP contribution >= 0.6 is 12.2 Å². The topological polar surface area (TPSA) is 44.5 Å². The second-order valence-electron chi connectivity index (χ2n) is 4.43. The number of hydrogen-bond acceptors (Lipinski definition) is 2. The first-order chi connectivity index (χ1) is 9.69. The number of benzene rings is 2. The average molecular weight is 283 g/mol. The summed E-state index contributed by atoms with van der Waals surface area (Å²) in [6, 6.07) is 14.1. The lowest BCUT2D eigenvalue weighted by atomic mass is 10.1. The molecular formula is C15H10FN3S. The highest BCUT2D eigenvalue weighted by Gasteiger charge is 2.07. The van der Waals surface area contributed by atoms with Gasteiger partial charge in [0.15, 0.2) is 4.77 Å². The summed E-state index contributed by atoms with van der Waals surface area (Å²) in [6.45, 7) is 0. The second-order valence-corrected chi connectivity index (χ2v) is 4.82. The maximum atomic E-state index is 13.4. The van der Waals surface area contributed by atoms with Crippen molar-refractivity contribution >= 4 is 23.3 Å². The van der Waals surface area contributed by atoms with E-state index in [-0.39, 0.29) is 5.82 Å². The molecule has 20 heavy (non-hydrogen) atoms. The number of halogens is 1. The lowest BCUT2D eigenvalue weighted by molar-refractivity contribution is 0.629. The molecule has 3 nitrogen and oxygen atoms in total. The third-order valence-corrected chi connectivity index (χ3v) is 3.41. The molecule has 98 valence electrons. The molecule has 1 heterocycles. The van der Waals surface area contributed by atoms with Crippen molar-refractivity contribution in [2.45, 2.75) is 6.42 Å². The molecule has 0 saturated carbocycles. The summed E-state index contributed by atoms with van der Waals surface area (Å²) in [7, 11) is 0. The first-order valence-electron chi connectivity index (χ1n) is 6.05. The van der Waals surface area contributed by atoms with Gasteiger partial charge in [-0.05, 0) is 42.0 Å². The number of nitriles is 1. The Morgan fingerprint density at radius 1 is 1.20 bits per heavy atom. The van der Waals surface area contributed by atoms with Crippen LogP contribution in [0.25, 0.3) is 16.7 Å². The van der Waals surface area contributed by atoms with E-state index in [4.69, 9.17) is 17.5 Å². The molecule has 5 heteroatoms. The maximum Gasteiger partial charge on any atom is 0.182 e. The van der Waals surface area contributed by atoms with Gasteiger partial charge in [-0.25, -0.2) is 4.39 Å². The highest BCUT2D eigenvalue weighted by atomic mass is 32.1. The van der Waals surface area contributed by atoms with Crippen LogP contribution in [0.1, 0.15) is 5.56 Å². The van der Waals surface area contributed by atoms with Crippen molar-refractivity contribution < 1.29 is 4.39 Å². The average Bonchev–Trinajstić information content (AvgIpc) is 2.76. The molecule has 1 N–H and O–H groups in total. The molecule has 0 bridgehead atoms. The van der Waals surface area contributed by atoms with Crippen LogP contribution < -0.4 is 0 Å². The molecule has 3 rings (SSSR count). The van der Waals surface area contributed by atoms with Crippen LogP contribution in [0.15, 0.2) is 42.5 Å². The fourth-order valence-corrected chi connectivity index (χ4v) is 2.50. The van der Waals surface area contributed by atoms with Crippen molar-refractivity contribution in [3.05, 3.63) is 58.6 Å². The summed E-state index contributed by atoms with van der Waals surface area (Å²) in [5.41, 5.74) is 3.27. The number of rotatable bonds is 2. The normalized spacial score (nSPS) is 10.6. The largest absolute Gasteiger partial charge is 0.330 e. The number of nitrogens with one attached hydrogen (secondary N) is 1. The van der Waals surface area contributed by atoms with Gasteiger partial charge in [-0.1, -0.05) is 12.1 Å². The van der Waals surface area contributed by atoms with E-state index < -0.39 is 0 Å². The number of nitrogens with zero attached hydrogens (tertiary/aromatic N) is 2. The monoisotopic (exact) mass is 283 g/mol. The van der Waals surface area contributed by atoms with Crippen molar-refractivity contribution in [1.29, 1.82) is 5.26 Å². The molecule has 0 radical (unpaired) electrons. The molecule has 0 aliphatic heterocycles. The number of imidazole rings is 1. The quantitative estimate of drug-likeness (QED) is 0.725. The van der Waals surface area contributed by atoms with Gasteiger partial charge in [0, 0.05) is 11.8 Å². The number of hydrogen-bond donors (Lipinski definition) is 1. The summed E-state index contributed by atoms with van der Waals surface area (Å²) in [5, 5.41) is 8.67. The van der Waals surface area contributed by atoms with Crippen LogP contribution in [0.4, 0.5) is 4.39 Å². The fourth-order valence-electron chi connectivity index (χ4n) is 2.19. The van der Waals surface area contributed by atoms with Crippen LogP contribution in [0.5, 0.6) is 0 Å². The molecule has 1 aromatic heterocycles. The zero-order valence-corrected chi connectivity index (χ0v) is 11.2. The van der Waals surface area contributed by atoms with E-state index in [9.17, 15) is 4.39 Å². The van der Waals surface area contributed by atoms with E-state index in [2.05, 4.69) is 11.1 Å². The van der Waals surface area contributed by atoms with Gasteiger partial charge >= 0.3 is 0 Å². The summed E-state index contributed by atoms with van der Waals surface area (Å²) >= 11 is 5.29. The summed E-state index contributed by atoms with van der Waals surface area (Å²) < 4.78 is 15.7. The van der Waals surface area contributed by atoms with Crippen LogP contribution in [-0.4, -0.2) is 9.55 Å². The molecule has 0 aliphatic carbocycles. The minimum absolute atomic E-state index is 0.304. The fraction of sp³-hybridized carbons (Fsp3) is 0.0667. The molecule has 0 amide bonds. The Balaban J connectivity index is 2.18. The number of aromatic amines is 1. The van der Waals surface area contributed by atoms with E-state index in [0.29, 0.717) is 16.7 Å². The third-order valence-electron chi connectivity index (χ3n) is 3.12. The molecule has 0 unspecified atom stereocenters. The van der Waals surface area contributed by atoms with Gasteiger partial charge in [-0.2, -0.15) is 5.26 Å². The van der Waals surface area contributed by atoms with Crippen molar-refractivity contribution in [2.24, 2.45) is 0 Å². The van der Waals surface area contributed by atoms with Gasteiger partial charge in [-0.3, -0.25) is 4.57 Å². The molecule has 0 fully saturated rings. The van der Waals surface area contributed by atoms with Gasteiger partial charge < -0.3 is 4.98 Å². The molecule has 3 aromatic rings. The van der Waals surface area contributed by atoms with E-state index >= 15 is 0 Å². The van der Waals surface area contributed by atoms with Crippen molar-refractivity contribution in [3.8, 4) is 11.8 Å². The molecule has 2 aromatic carbocycles. The summed E-state index contributed by atoms with van der Waals surface area (Å²) in [6.07, 6.45) is 0.369. The number of aromatic nitrogens is 2. The highest BCUT2D eigenvalue weighted by molar-refractivity contribution is 7.71. The Bertz CT molecular complexity index is 869. The lowest BCUT2D eigenvalue weighted by Gasteiger charge is -2.05. The zero-order chi connectivity index (χ0) is 14.1. The predicted molar refractivity (Wildman–Crippen MR) is 77.7 cm³/mol. The number of fused-ring (bicyclic) bond motifs is 1. The smallest absolute Gasteiger partial charge is 0.182 e. The van der Waals surface area contributed by atoms with E-state index in [1.54, 1.807) is 10.6 Å². The molecule has 0 spiro atoms. The van der Waals surface area contributed by atoms with Gasteiger partial charge in [0.25, 0.3) is 0 Å². The van der Waals surface area contributed by atoms with Crippen molar-refractivity contribution in [1.82, 2.24) is 9.55 Å². The van der Waals surface area contributed by atoms with E-state index in [1.165, 1.54) is 12.1 Å². The van der Waals surface area contributed by atoms with Gasteiger partial charge in [0.2, 0.25) is 0 Å². The summed E-state index contributed by atoms with van der Waals surface area (Å²) in [5.74, 6) is -0.304. The minimum atomic E-state index is -0.304. The van der Waals surface area contributed by atoms with Gasteiger partial charge in [0.05, 0.1) is 23.5 Å². The Kier molecular flexibility index (Phi) is 3.09. The Hall–Kier alpha value is -2.45. The Morgan fingerprint density at radius 2 is 1.95 bits per heavy atom. The zero-order valence-electron chi connectivity index (χ0n) is 10.4. The Labute approximate surface area is 119 Å². The third kappa shape index (κ3) is 2.10. The molecular weight excluding hydrogens is 273 g/mol. The Morgan fingerprint density at radius 3 is 2.65 bits per heavy atom. The molecule has 0 aliphatic rings. The lowest BCUT2D eigenvalue weighted by Crippen LogP contribution is -1.94. The standard InChI is InChI=1S/C15H10FN3S/c16-11-3-6-13-14(9-11)19(15(20)18-13)12-4-1-10(2-5-12)7-8-17/h1-6,9H,7H2,(H,18,20). The van der Waals surface area contributed by atoms with Crippen LogP contribution in [0.3, 0.4) is 0 Å². The minimum Gasteiger partial charge on any atom is -0.330 e. The predicted octanol–water partition coefficient (Wildman–Crippen LogP) is 3.89. The van der Waals surface area contributed by atoms with Gasteiger partial charge in [-0.15, -0.1) is 0 Å². The van der Waals surface area contributed by atoms with Crippen LogP contribution in [0, 0.1) is 21.9 Å². The molecule has 0 saturated heterocycles. The van der Waals surface area contributed by atoms with E-state index in [0.717, 1.165) is 16.8 Å². The van der Waals surface area contributed by atoms with Crippen LogP contribution in [-0.2, 0) is 6.42 Å². The van der Waals surface area contributed by atoms with Gasteiger partial charge in [0.1, 0.15) is 5.82 Å². The SMILES string of the molecule is N#CCc1ccc(-n2c(=S)[nH]c3ccc(F)cc32)cc1. The van der Waals surface area contributed by atoms with Crippen molar-refractivity contribution in [2.75, 3.05) is 0 Å². The first-order valence-corrected chi connectivity index (χ1v) is 6.46. The second kappa shape index (κ2) is 4.91. The molecule has 0 atom stereocenters. The van der Waals surface area contributed by atoms with E-state index in [1.807, 2.05) is 24.3 Å².